The van der Waals surface area contributed by atoms with Crippen molar-refractivity contribution in [2.45, 2.75) is 0 Å². The second kappa shape index (κ2) is 5.50. The van der Waals surface area contributed by atoms with Crippen molar-refractivity contribution in [2.75, 3.05) is 5.73 Å². The number of H-pyrrole nitrogens is 1. The number of rotatable bonds is 3. The van der Waals surface area contributed by atoms with Crippen LogP contribution in [0.4, 0.5) is 5.95 Å². The van der Waals surface area contributed by atoms with Crippen LogP contribution < -0.4 is 11.5 Å². The van der Waals surface area contributed by atoms with E-state index in [0.29, 0.717) is 27.7 Å². The van der Waals surface area contributed by atoms with Gasteiger partial charge in [0.1, 0.15) is 0 Å². The molecule has 1 amide bonds. The van der Waals surface area contributed by atoms with Crippen molar-refractivity contribution >= 4 is 23.5 Å². The lowest BCUT2D eigenvalue weighted by Crippen LogP contribution is -2.11. The van der Waals surface area contributed by atoms with Crippen LogP contribution in [0.25, 0.3) is 22.6 Å². The molecule has 0 unspecified atom stereocenters. The Kier molecular flexibility index (Phi) is 3.52. The number of nitrogens with two attached hydrogens (primary N) is 2. The zero-order chi connectivity index (χ0) is 15.7. The van der Waals surface area contributed by atoms with Crippen LogP contribution in [0, 0.1) is 0 Å². The van der Waals surface area contributed by atoms with E-state index < -0.39 is 5.91 Å². The summed E-state index contributed by atoms with van der Waals surface area (Å²) in [5.74, 6) is -0.392. The van der Waals surface area contributed by atoms with E-state index in [9.17, 15) is 4.79 Å². The van der Waals surface area contributed by atoms with E-state index in [1.807, 2.05) is 6.07 Å². The zero-order valence-corrected chi connectivity index (χ0v) is 12.1. The summed E-state index contributed by atoms with van der Waals surface area (Å²) in [5, 5.41) is 0.565. The molecule has 3 rings (SSSR count). The largest absolute Gasteiger partial charge is 0.368 e. The molecule has 2 heterocycles. The lowest BCUT2D eigenvalue weighted by molar-refractivity contribution is 0.100. The van der Waals surface area contributed by atoms with Gasteiger partial charge in [-0.25, -0.2) is 9.97 Å². The number of benzene rings is 1. The smallest absolute Gasteiger partial charge is 0.250 e. The average molecular weight is 314 g/mol. The van der Waals surface area contributed by atoms with E-state index in [4.69, 9.17) is 23.1 Å². The summed E-state index contributed by atoms with van der Waals surface area (Å²) in [6, 6.07) is 10.5. The van der Waals surface area contributed by atoms with E-state index in [1.165, 1.54) is 0 Å². The Balaban J connectivity index is 2.16. The molecule has 0 atom stereocenters. The number of primary amides is 1. The molecular weight excluding hydrogens is 302 g/mol. The summed E-state index contributed by atoms with van der Waals surface area (Å²) < 4.78 is 0. The van der Waals surface area contributed by atoms with E-state index in [0.717, 1.165) is 5.56 Å². The molecule has 0 aliphatic rings. The maximum Gasteiger partial charge on any atom is 0.250 e. The molecule has 0 bridgehead atoms. The van der Waals surface area contributed by atoms with E-state index in [1.54, 1.807) is 36.5 Å². The number of aromatic amines is 1. The maximum atomic E-state index is 11.7. The van der Waals surface area contributed by atoms with Gasteiger partial charge in [-0.15, -0.1) is 0 Å². The summed E-state index contributed by atoms with van der Waals surface area (Å²) >= 11 is 6.00. The highest BCUT2D eigenvalue weighted by Gasteiger charge is 2.16. The quantitative estimate of drug-likeness (QED) is 0.689. The molecule has 7 heteroatoms. The summed E-state index contributed by atoms with van der Waals surface area (Å²) in [6.45, 7) is 0. The average Bonchev–Trinajstić information content (AvgIpc) is 2.92. The van der Waals surface area contributed by atoms with Gasteiger partial charge in [0.2, 0.25) is 5.95 Å². The van der Waals surface area contributed by atoms with Crippen molar-refractivity contribution in [1.29, 1.82) is 0 Å². The van der Waals surface area contributed by atoms with Crippen molar-refractivity contribution in [3.05, 3.63) is 53.2 Å². The Morgan fingerprint density at radius 2 is 2.05 bits per heavy atom. The Labute approximate surface area is 131 Å². The normalized spacial score (nSPS) is 10.6. The minimum Gasteiger partial charge on any atom is -0.368 e. The number of anilines is 1. The fraction of sp³-hybridized carbons (Fsp3) is 0. The molecule has 3 aromatic rings. The second-order valence-electron chi connectivity index (χ2n) is 4.65. The van der Waals surface area contributed by atoms with Crippen molar-refractivity contribution in [3.8, 4) is 22.6 Å². The summed E-state index contributed by atoms with van der Waals surface area (Å²) in [4.78, 5) is 22.8. The van der Waals surface area contributed by atoms with Crippen LogP contribution in [0.15, 0.2) is 42.6 Å². The van der Waals surface area contributed by atoms with Crippen molar-refractivity contribution in [3.63, 3.8) is 0 Å². The molecule has 1 aromatic carbocycles. The molecule has 5 N–H and O–H groups in total. The molecule has 6 nitrogen and oxygen atoms in total. The SMILES string of the molecule is NC(=O)c1cc(-c2ccnc(N)n2)[nH]c1-c1cccc(Cl)c1. The Morgan fingerprint density at radius 1 is 1.23 bits per heavy atom. The highest BCUT2D eigenvalue weighted by Crippen LogP contribution is 2.29. The Bertz CT molecular complexity index is 859. The lowest BCUT2D eigenvalue weighted by Gasteiger charge is -2.02. The molecule has 0 saturated carbocycles. The number of carbonyl (C=O) groups excluding carboxylic acids is 1. The molecule has 0 aliphatic heterocycles. The first-order valence-electron chi connectivity index (χ1n) is 6.42. The lowest BCUT2D eigenvalue weighted by atomic mass is 10.1. The first-order chi connectivity index (χ1) is 10.5. The fourth-order valence-electron chi connectivity index (χ4n) is 2.18. The van der Waals surface area contributed by atoms with Crippen LogP contribution in [0.3, 0.4) is 0 Å². The Hall–Kier alpha value is -2.86. The highest BCUT2D eigenvalue weighted by molar-refractivity contribution is 6.30. The van der Waals surface area contributed by atoms with Gasteiger partial charge < -0.3 is 16.5 Å². The van der Waals surface area contributed by atoms with Gasteiger partial charge in [-0.2, -0.15) is 0 Å². The van der Waals surface area contributed by atoms with Crippen LogP contribution in [0.2, 0.25) is 5.02 Å². The standard InChI is InChI=1S/C15H12ClN5O/c16-9-3-1-2-8(6-9)13-10(14(17)22)7-12(20-13)11-4-5-19-15(18)21-11/h1-7,20H,(H2,17,22)(H2,18,19,21). The molecule has 0 aliphatic carbocycles. The van der Waals surface area contributed by atoms with Gasteiger partial charge in [0.15, 0.2) is 0 Å². The van der Waals surface area contributed by atoms with E-state index in [-0.39, 0.29) is 5.95 Å². The van der Waals surface area contributed by atoms with Crippen molar-refractivity contribution in [1.82, 2.24) is 15.0 Å². The minimum absolute atomic E-state index is 0.150. The third-order valence-electron chi connectivity index (χ3n) is 3.15. The van der Waals surface area contributed by atoms with Crippen LogP contribution in [-0.4, -0.2) is 20.9 Å². The number of aromatic nitrogens is 3. The van der Waals surface area contributed by atoms with Crippen molar-refractivity contribution in [2.24, 2.45) is 5.73 Å². The molecule has 2 aromatic heterocycles. The first kappa shape index (κ1) is 14.1. The number of nitrogen functional groups attached to an aromatic ring is 1. The summed E-state index contributed by atoms with van der Waals surface area (Å²) in [7, 11) is 0. The van der Waals surface area contributed by atoms with Gasteiger partial charge in [-0.05, 0) is 24.3 Å². The number of hydrogen-bond donors (Lipinski definition) is 3. The third kappa shape index (κ3) is 2.64. The van der Waals surface area contributed by atoms with Gasteiger partial charge in [-0.1, -0.05) is 23.7 Å². The Morgan fingerprint density at radius 3 is 2.73 bits per heavy atom. The van der Waals surface area contributed by atoms with E-state index >= 15 is 0 Å². The molecule has 0 fully saturated rings. The molecule has 0 radical (unpaired) electrons. The number of nitrogens with zero attached hydrogens (tertiary/aromatic N) is 2. The predicted octanol–water partition coefficient (Wildman–Crippen LogP) is 2.47. The van der Waals surface area contributed by atoms with Crippen LogP contribution in [0.5, 0.6) is 0 Å². The van der Waals surface area contributed by atoms with Gasteiger partial charge in [-0.3, -0.25) is 4.79 Å². The van der Waals surface area contributed by atoms with Gasteiger partial charge in [0.05, 0.1) is 22.6 Å². The number of nitrogens with one attached hydrogen (secondary N) is 1. The molecular formula is C15H12ClN5O. The maximum absolute atomic E-state index is 11.7. The summed E-state index contributed by atoms with van der Waals surface area (Å²) in [6.07, 6.45) is 1.54. The number of hydrogen-bond acceptors (Lipinski definition) is 4. The zero-order valence-electron chi connectivity index (χ0n) is 11.4. The highest BCUT2D eigenvalue weighted by atomic mass is 35.5. The molecule has 0 spiro atoms. The summed E-state index contributed by atoms with van der Waals surface area (Å²) in [5.41, 5.74) is 13.9. The van der Waals surface area contributed by atoms with Crippen molar-refractivity contribution < 1.29 is 4.79 Å². The van der Waals surface area contributed by atoms with Crippen LogP contribution in [0.1, 0.15) is 10.4 Å². The van der Waals surface area contributed by atoms with Crippen LogP contribution in [-0.2, 0) is 0 Å². The molecule has 0 saturated heterocycles. The monoisotopic (exact) mass is 313 g/mol. The number of carbonyl (C=O) groups is 1. The number of halogens is 1. The topological polar surface area (TPSA) is 111 Å². The van der Waals surface area contributed by atoms with Gasteiger partial charge >= 0.3 is 0 Å². The predicted molar refractivity (Wildman–Crippen MR) is 85.2 cm³/mol. The second-order valence-corrected chi connectivity index (χ2v) is 5.08. The first-order valence-corrected chi connectivity index (χ1v) is 6.80. The fourth-order valence-corrected chi connectivity index (χ4v) is 2.37. The van der Waals surface area contributed by atoms with E-state index in [2.05, 4.69) is 15.0 Å². The molecule has 22 heavy (non-hydrogen) atoms. The molecule has 110 valence electrons. The third-order valence-corrected chi connectivity index (χ3v) is 3.38. The number of amides is 1. The van der Waals surface area contributed by atoms with Crippen LogP contribution >= 0.6 is 11.6 Å². The minimum atomic E-state index is -0.542. The van der Waals surface area contributed by atoms with Gasteiger partial charge in [0.25, 0.3) is 5.91 Å². The van der Waals surface area contributed by atoms with Gasteiger partial charge in [0, 0.05) is 16.8 Å².